The first-order valence-corrected chi connectivity index (χ1v) is 6.35. The molecule has 1 aromatic carbocycles. The molecule has 6 nitrogen and oxygen atoms in total. The van der Waals surface area contributed by atoms with Crippen LogP contribution >= 0.6 is 0 Å². The number of rotatable bonds is 8. The minimum absolute atomic E-state index is 0.0233. The molecule has 0 aromatic heterocycles. The number of nitrogens with zero attached hydrogens (tertiary/aromatic N) is 1. The van der Waals surface area contributed by atoms with Crippen LogP contribution in [0.15, 0.2) is 36.0 Å². The first-order chi connectivity index (χ1) is 9.62. The summed E-state index contributed by atoms with van der Waals surface area (Å²) < 4.78 is 15.9. The lowest BCUT2D eigenvalue weighted by atomic mass is 10.2. The Morgan fingerprint density at radius 3 is 2.25 bits per heavy atom. The van der Waals surface area contributed by atoms with Gasteiger partial charge in [-0.05, 0) is 18.6 Å². The van der Waals surface area contributed by atoms with Crippen LogP contribution in [0.4, 0.5) is 5.69 Å². The Balaban J connectivity index is 2.89. The normalized spacial score (nSPS) is 9.75. The Hall–Kier alpha value is -2.24. The van der Waals surface area contributed by atoms with Gasteiger partial charge in [-0.3, -0.25) is 10.1 Å². The van der Waals surface area contributed by atoms with Crippen LogP contribution in [0, 0.1) is 10.1 Å². The number of ether oxygens (including phenoxy) is 3. The highest BCUT2D eigenvalue weighted by Crippen LogP contribution is 2.23. The first-order valence-electron chi connectivity index (χ1n) is 6.35. The zero-order valence-corrected chi connectivity index (χ0v) is 11.9. The maximum Gasteiger partial charge on any atom is 0.319 e. The van der Waals surface area contributed by atoms with Gasteiger partial charge in [0.25, 0.3) is 5.69 Å². The number of allylic oxidation sites excluding steroid dienone is 1. The number of nitro benzene ring substituents is 1. The molecule has 0 aliphatic heterocycles. The fraction of sp³-hybridized carbons (Fsp3) is 0.429. The number of non-ortho nitro benzene ring substituents is 1. The van der Waals surface area contributed by atoms with Crippen LogP contribution in [-0.2, 0) is 9.47 Å². The van der Waals surface area contributed by atoms with Crippen molar-refractivity contribution in [2.45, 2.75) is 26.2 Å². The summed E-state index contributed by atoms with van der Waals surface area (Å²) in [4.78, 5) is 10.1. The lowest BCUT2D eigenvalue weighted by molar-refractivity contribution is -0.384. The molecule has 0 aliphatic rings. The highest BCUT2D eigenvalue weighted by molar-refractivity contribution is 5.36. The van der Waals surface area contributed by atoms with Gasteiger partial charge in [-0.25, -0.2) is 0 Å². The minimum atomic E-state index is -0.451. The van der Waals surface area contributed by atoms with Gasteiger partial charge in [-0.2, -0.15) is 0 Å². The average molecular weight is 281 g/mol. The van der Waals surface area contributed by atoms with Crippen molar-refractivity contribution in [1.29, 1.82) is 0 Å². The van der Waals surface area contributed by atoms with E-state index in [-0.39, 0.29) is 5.69 Å². The molecule has 0 bridgehead atoms. The van der Waals surface area contributed by atoms with Crippen LogP contribution in [0.1, 0.15) is 26.2 Å². The Morgan fingerprint density at radius 2 is 1.80 bits per heavy atom. The number of hydrogen-bond donors (Lipinski definition) is 0. The zero-order valence-electron chi connectivity index (χ0n) is 11.9. The van der Waals surface area contributed by atoms with E-state index in [9.17, 15) is 10.1 Å². The monoisotopic (exact) mass is 281 g/mol. The van der Waals surface area contributed by atoms with Gasteiger partial charge >= 0.3 is 5.95 Å². The van der Waals surface area contributed by atoms with Crippen molar-refractivity contribution in [1.82, 2.24) is 0 Å². The summed E-state index contributed by atoms with van der Waals surface area (Å²) in [6, 6.07) is 5.89. The van der Waals surface area contributed by atoms with Crippen LogP contribution in [-0.4, -0.2) is 19.1 Å². The maximum absolute atomic E-state index is 10.6. The van der Waals surface area contributed by atoms with E-state index in [0.29, 0.717) is 23.9 Å². The number of benzene rings is 1. The third-order valence-electron chi connectivity index (χ3n) is 2.64. The molecule has 0 saturated heterocycles. The molecular formula is C14H19NO5. The van der Waals surface area contributed by atoms with Gasteiger partial charge in [-0.15, -0.1) is 0 Å². The Morgan fingerprint density at radius 1 is 1.20 bits per heavy atom. The fourth-order valence-electron chi connectivity index (χ4n) is 1.62. The molecule has 0 saturated carbocycles. The summed E-state index contributed by atoms with van der Waals surface area (Å²) >= 11 is 0. The molecule has 0 atom stereocenters. The summed E-state index contributed by atoms with van der Waals surface area (Å²) in [5.41, 5.74) is 0.0233. The van der Waals surface area contributed by atoms with E-state index >= 15 is 0 Å². The molecule has 20 heavy (non-hydrogen) atoms. The quantitative estimate of drug-likeness (QED) is 0.413. The molecule has 0 N–H and O–H groups in total. The second-order valence-electron chi connectivity index (χ2n) is 4.08. The van der Waals surface area contributed by atoms with Crippen LogP contribution in [0.5, 0.6) is 5.75 Å². The summed E-state index contributed by atoms with van der Waals surface area (Å²) in [5.74, 6) is 1.40. The highest BCUT2D eigenvalue weighted by Gasteiger charge is 2.12. The average Bonchev–Trinajstić information content (AvgIpc) is 2.46. The van der Waals surface area contributed by atoms with E-state index in [4.69, 9.17) is 14.2 Å². The molecule has 0 radical (unpaired) electrons. The van der Waals surface area contributed by atoms with Gasteiger partial charge in [0.1, 0.15) is 5.75 Å². The summed E-state index contributed by atoms with van der Waals surface area (Å²) in [5, 5.41) is 10.6. The van der Waals surface area contributed by atoms with E-state index in [1.54, 1.807) is 12.1 Å². The van der Waals surface area contributed by atoms with Crippen molar-refractivity contribution in [3.05, 3.63) is 46.1 Å². The van der Waals surface area contributed by atoms with Crippen molar-refractivity contribution >= 4 is 5.69 Å². The van der Waals surface area contributed by atoms with Gasteiger partial charge in [0.15, 0.2) is 5.76 Å². The molecule has 0 aliphatic carbocycles. The Bertz CT molecular complexity index is 461. The van der Waals surface area contributed by atoms with E-state index in [0.717, 1.165) is 12.8 Å². The van der Waals surface area contributed by atoms with Crippen LogP contribution in [0.25, 0.3) is 0 Å². The van der Waals surface area contributed by atoms with Crippen molar-refractivity contribution in [2.24, 2.45) is 0 Å². The lowest BCUT2D eigenvalue weighted by Crippen LogP contribution is -2.04. The molecule has 0 amide bonds. The molecule has 1 aromatic rings. The number of nitro groups is 1. The second kappa shape index (κ2) is 8.04. The minimum Gasteiger partial charge on any atom is -0.466 e. The molecule has 0 heterocycles. The van der Waals surface area contributed by atoms with Crippen molar-refractivity contribution < 1.29 is 19.1 Å². The van der Waals surface area contributed by atoms with Gasteiger partial charge in [0.2, 0.25) is 0 Å². The highest BCUT2D eigenvalue weighted by atomic mass is 16.7. The van der Waals surface area contributed by atoms with Crippen LogP contribution < -0.4 is 4.74 Å². The molecule has 110 valence electrons. The van der Waals surface area contributed by atoms with E-state index in [2.05, 4.69) is 6.92 Å². The van der Waals surface area contributed by atoms with Gasteiger partial charge in [0, 0.05) is 18.6 Å². The molecule has 6 heteroatoms. The van der Waals surface area contributed by atoms with E-state index in [1.165, 1.54) is 26.4 Å². The lowest BCUT2D eigenvalue weighted by Gasteiger charge is -2.13. The Labute approximate surface area is 118 Å². The topological polar surface area (TPSA) is 70.8 Å². The van der Waals surface area contributed by atoms with Gasteiger partial charge in [0.05, 0.1) is 19.1 Å². The van der Waals surface area contributed by atoms with Crippen molar-refractivity contribution in [2.75, 3.05) is 14.2 Å². The molecule has 0 fully saturated rings. The van der Waals surface area contributed by atoms with Crippen LogP contribution in [0.3, 0.4) is 0 Å². The van der Waals surface area contributed by atoms with Crippen molar-refractivity contribution in [3.63, 3.8) is 0 Å². The second-order valence-corrected chi connectivity index (χ2v) is 4.08. The van der Waals surface area contributed by atoms with Gasteiger partial charge in [-0.1, -0.05) is 13.3 Å². The van der Waals surface area contributed by atoms with E-state index < -0.39 is 4.92 Å². The first kappa shape index (κ1) is 15.8. The summed E-state index contributed by atoms with van der Waals surface area (Å²) in [6.07, 6.45) is 2.61. The smallest absolute Gasteiger partial charge is 0.319 e. The summed E-state index contributed by atoms with van der Waals surface area (Å²) in [7, 11) is 3.01. The summed E-state index contributed by atoms with van der Waals surface area (Å²) in [6.45, 7) is 2.07. The Kier molecular flexibility index (Phi) is 6.36. The third-order valence-corrected chi connectivity index (χ3v) is 2.64. The van der Waals surface area contributed by atoms with Crippen LogP contribution in [0.2, 0.25) is 0 Å². The molecular weight excluding hydrogens is 262 g/mol. The molecule has 1 rings (SSSR count). The number of methoxy groups -OCH3 is 2. The third kappa shape index (κ3) is 4.46. The maximum atomic E-state index is 10.6. The number of hydrogen-bond acceptors (Lipinski definition) is 5. The predicted molar refractivity (Wildman–Crippen MR) is 74.3 cm³/mol. The molecule has 0 spiro atoms. The van der Waals surface area contributed by atoms with E-state index in [1.807, 2.05) is 0 Å². The SMILES string of the molecule is CCCCC(Oc1ccc([N+](=O)[O-])cc1)=C(OC)OC. The largest absolute Gasteiger partial charge is 0.466 e. The molecule has 0 unspecified atom stereocenters. The van der Waals surface area contributed by atoms with Gasteiger partial charge < -0.3 is 14.2 Å². The predicted octanol–water partition coefficient (Wildman–Crippen LogP) is 3.63. The standard InChI is InChI=1S/C14H19NO5/c1-4-5-6-13(14(18-2)19-3)20-12-9-7-11(8-10-12)15(16)17/h7-10H,4-6H2,1-3H3. The number of unbranched alkanes of at least 4 members (excludes halogenated alkanes) is 1. The van der Waals surface area contributed by atoms with Crippen molar-refractivity contribution in [3.8, 4) is 5.75 Å². The zero-order chi connectivity index (χ0) is 15.0. The fourth-order valence-corrected chi connectivity index (χ4v) is 1.62.